The quantitative estimate of drug-likeness (QED) is 0.591. The van der Waals surface area contributed by atoms with Crippen molar-refractivity contribution in [3.8, 4) is 0 Å². The van der Waals surface area contributed by atoms with Crippen LogP contribution in [0.15, 0.2) is 35.4 Å². The molecule has 0 aliphatic carbocycles. The van der Waals surface area contributed by atoms with Crippen LogP contribution in [0.1, 0.15) is 0 Å². The summed E-state index contributed by atoms with van der Waals surface area (Å²) in [7, 11) is 0. The standard InChI is InChI=1S/C7H7N3O/c8-10-7(11)9-6-4-2-1-3-5-6/h1-5,8H,(H,9,11). The Morgan fingerprint density at radius 1 is 1.36 bits per heavy atom. The minimum Gasteiger partial charge on any atom is -0.305 e. The van der Waals surface area contributed by atoms with Gasteiger partial charge in [-0.15, -0.1) is 0 Å². The van der Waals surface area contributed by atoms with Crippen molar-refractivity contribution in [2.75, 3.05) is 5.32 Å². The lowest BCUT2D eigenvalue weighted by molar-refractivity contribution is 0.258. The number of carbonyl (C=O) groups excluding carboxylic acids is 1. The van der Waals surface area contributed by atoms with Gasteiger partial charge in [0.2, 0.25) is 0 Å². The molecule has 11 heavy (non-hydrogen) atoms. The molecule has 0 fully saturated rings. The van der Waals surface area contributed by atoms with Crippen LogP contribution in [-0.2, 0) is 0 Å². The minimum atomic E-state index is -0.656. The summed E-state index contributed by atoms with van der Waals surface area (Å²) in [5, 5.41) is 5.08. The van der Waals surface area contributed by atoms with E-state index in [4.69, 9.17) is 5.53 Å². The summed E-state index contributed by atoms with van der Waals surface area (Å²) >= 11 is 0. The van der Waals surface area contributed by atoms with Crippen LogP contribution in [0.3, 0.4) is 0 Å². The Balaban J connectivity index is 2.65. The fourth-order valence-electron chi connectivity index (χ4n) is 0.673. The number of hydrogen-bond donors (Lipinski definition) is 2. The molecule has 1 rings (SSSR count). The van der Waals surface area contributed by atoms with Gasteiger partial charge in [-0.25, -0.2) is 4.79 Å². The Hall–Kier alpha value is -1.71. The summed E-state index contributed by atoms with van der Waals surface area (Å²) in [5.74, 6) is 0. The molecular weight excluding hydrogens is 142 g/mol. The Labute approximate surface area is 63.7 Å². The molecule has 0 radical (unpaired) electrons. The molecular formula is C7H7N3O. The molecule has 0 saturated carbocycles. The third-order valence-corrected chi connectivity index (χ3v) is 1.13. The second-order valence-corrected chi connectivity index (χ2v) is 1.91. The van der Waals surface area contributed by atoms with E-state index in [0.29, 0.717) is 5.69 Å². The number of benzene rings is 1. The van der Waals surface area contributed by atoms with Gasteiger partial charge in [-0.05, 0) is 12.1 Å². The fraction of sp³-hybridized carbons (Fsp3) is 0. The number of rotatable bonds is 1. The van der Waals surface area contributed by atoms with Crippen LogP contribution < -0.4 is 5.32 Å². The van der Waals surface area contributed by atoms with Gasteiger partial charge in [0.25, 0.3) is 0 Å². The Kier molecular flexibility index (Phi) is 2.32. The van der Waals surface area contributed by atoms with Gasteiger partial charge in [0, 0.05) is 5.69 Å². The van der Waals surface area contributed by atoms with Crippen LogP contribution in [0, 0.1) is 5.53 Å². The molecule has 2 N–H and O–H groups in total. The number of hydrogen-bond acceptors (Lipinski definition) is 2. The number of nitrogens with one attached hydrogen (secondary N) is 2. The second-order valence-electron chi connectivity index (χ2n) is 1.91. The van der Waals surface area contributed by atoms with E-state index in [9.17, 15) is 4.79 Å². The molecule has 0 atom stereocenters. The van der Waals surface area contributed by atoms with Crippen molar-refractivity contribution in [1.82, 2.24) is 0 Å². The Morgan fingerprint density at radius 3 is 2.55 bits per heavy atom. The second kappa shape index (κ2) is 3.46. The summed E-state index contributed by atoms with van der Waals surface area (Å²) in [4.78, 5) is 10.5. The van der Waals surface area contributed by atoms with E-state index in [1.54, 1.807) is 24.3 Å². The predicted octanol–water partition coefficient (Wildman–Crippen LogP) is 2.25. The number of anilines is 1. The number of amides is 2. The Bertz CT molecular complexity index is 258. The van der Waals surface area contributed by atoms with Crippen LogP contribution in [0.4, 0.5) is 10.5 Å². The van der Waals surface area contributed by atoms with Gasteiger partial charge >= 0.3 is 6.03 Å². The van der Waals surface area contributed by atoms with E-state index in [1.807, 2.05) is 6.07 Å². The lowest BCUT2D eigenvalue weighted by atomic mass is 10.3. The summed E-state index contributed by atoms with van der Waals surface area (Å²) in [6.07, 6.45) is 0. The zero-order valence-electron chi connectivity index (χ0n) is 5.74. The molecule has 56 valence electrons. The van der Waals surface area contributed by atoms with Gasteiger partial charge in [0.05, 0.1) is 0 Å². The first kappa shape index (κ1) is 7.40. The molecule has 1 aromatic rings. The highest BCUT2D eigenvalue weighted by Gasteiger charge is 1.95. The average Bonchev–Trinajstić information content (AvgIpc) is 2.06. The molecule has 0 bridgehead atoms. The largest absolute Gasteiger partial charge is 0.363 e. The number of carbonyl (C=O) groups is 1. The van der Waals surface area contributed by atoms with Crippen molar-refractivity contribution in [2.24, 2.45) is 5.11 Å². The molecule has 0 aromatic heterocycles. The molecule has 1 aromatic carbocycles. The van der Waals surface area contributed by atoms with Gasteiger partial charge in [0.15, 0.2) is 0 Å². The van der Waals surface area contributed by atoms with Gasteiger partial charge in [-0.2, -0.15) is 5.53 Å². The van der Waals surface area contributed by atoms with Crippen molar-refractivity contribution in [3.05, 3.63) is 30.3 Å². The highest BCUT2D eigenvalue weighted by Crippen LogP contribution is 2.04. The van der Waals surface area contributed by atoms with Crippen LogP contribution in [0.5, 0.6) is 0 Å². The molecule has 0 spiro atoms. The van der Waals surface area contributed by atoms with Gasteiger partial charge in [0.1, 0.15) is 0 Å². The maximum Gasteiger partial charge on any atom is 0.363 e. The van der Waals surface area contributed by atoms with Crippen molar-refractivity contribution < 1.29 is 4.79 Å². The monoisotopic (exact) mass is 149 g/mol. The smallest absolute Gasteiger partial charge is 0.305 e. The van der Waals surface area contributed by atoms with E-state index in [0.717, 1.165) is 0 Å². The van der Waals surface area contributed by atoms with Crippen molar-refractivity contribution >= 4 is 11.7 Å². The van der Waals surface area contributed by atoms with E-state index < -0.39 is 6.03 Å². The highest BCUT2D eigenvalue weighted by molar-refractivity contribution is 5.89. The zero-order valence-corrected chi connectivity index (χ0v) is 5.74. The zero-order chi connectivity index (χ0) is 8.10. The summed E-state index contributed by atoms with van der Waals surface area (Å²) in [6, 6.07) is 8.22. The number of nitrogens with zero attached hydrogens (tertiary/aromatic N) is 1. The topological polar surface area (TPSA) is 65.3 Å². The van der Waals surface area contributed by atoms with Crippen molar-refractivity contribution in [2.45, 2.75) is 0 Å². The lowest BCUT2D eigenvalue weighted by Crippen LogP contribution is -2.04. The van der Waals surface area contributed by atoms with Crippen molar-refractivity contribution in [1.29, 1.82) is 5.53 Å². The van der Waals surface area contributed by atoms with E-state index in [-0.39, 0.29) is 0 Å². The molecule has 0 unspecified atom stereocenters. The summed E-state index contributed by atoms with van der Waals surface area (Å²) in [5.41, 5.74) is 7.02. The van der Waals surface area contributed by atoms with Gasteiger partial charge < -0.3 is 5.32 Å². The minimum absolute atomic E-state index is 0.647. The Morgan fingerprint density at radius 2 is 2.00 bits per heavy atom. The van der Waals surface area contributed by atoms with Crippen LogP contribution in [-0.4, -0.2) is 6.03 Å². The highest BCUT2D eigenvalue weighted by atomic mass is 16.2. The molecule has 0 heterocycles. The van der Waals surface area contributed by atoms with E-state index in [1.165, 1.54) is 0 Å². The molecule has 2 amide bonds. The summed E-state index contributed by atoms with van der Waals surface area (Å²) in [6.45, 7) is 0. The van der Waals surface area contributed by atoms with Crippen LogP contribution in [0.2, 0.25) is 0 Å². The first-order valence-electron chi connectivity index (χ1n) is 3.06. The third kappa shape index (κ3) is 2.17. The number of urea groups is 1. The van der Waals surface area contributed by atoms with Gasteiger partial charge in [-0.3, -0.25) is 0 Å². The normalized spacial score (nSPS) is 8.73. The lowest BCUT2D eigenvalue weighted by Gasteiger charge is -1.97. The predicted molar refractivity (Wildman–Crippen MR) is 40.6 cm³/mol. The number of para-hydroxylation sites is 1. The van der Waals surface area contributed by atoms with E-state index in [2.05, 4.69) is 10.4 Å². The van der Waals surface area contributed by atoms with Crippen LogP contribution in [0.25, 0.3) is 0 Å². The van der Waals surface area contributed by atoms with E-state index >= 15 is 0 Å². The molecule has 0 saturated heterocycles. The third-order valence-electron chi connectivity index (χ3n) is 1.13. The summed E-state index contributed by atoms with van der Waals surface area (Å²) < 4.78 is 0. The van der Waals surface area contributed by atoms with Crippen LogP contribution >= 0.6 is 0 Å². The molecule has 4 heteroatoms. The fourth-order valence-corrected chi connectivity index (χ4v) is 0.673. The maximum absolute atomic E-state index is 10.5. The first-order chi connectivity index (χ1) is 5.33. The molecule has 4 nitrogen and oxygen atoms in total. The van der Waals surface area contributed by atoms with Crippen molar-refractivity contribution in [3.63, 3.8) is 0 Å². The maximum atomic E-state index is 10.5. The van der Waals surface area contributed by atoms with Gasteiger partial charge in [-0.1, -0.05) is 23.3 Å². The molecule has 0 aliphatic heterocycles. The SMILES string of the molecule is N=NC(=O)Nc1ccccc1. The first-order valence-corrected chi connectivity index (χ1v) is 3.06. The molecule has 0 aliphatic rings. The average molecular weight is 149 g/mol.